The zero-order valence-electron chi connectivity index (χ0n) is 10.9. The zero-order chi connectivity index (χ0) is 11.6. The van der Waals surface area contributed by atoms with E-state index < -0.39 is 0 Å². The van der Waals surface area contributed by atoms with Crippen molar-refractivity contribution in [2.24, 2.45) is 28.1 Å². The third-order valence-corrected chi connectivity index (χ3v) is 6.34. The van der Waals surface area contributed by atoms with Gasteiger partial charge in [-0.2, -0.15) is 0 Å². The molecule has 90 valence electrons. The van der Waals surface area contributed by atoms with Gasteiger partial charge >= 0.3 is 0 Å². The molecular weight excluding hydrogens is 196 g/mol. The molecule has 0 aromatic heterocycles. The minimum absolute atomic E-state index is 0.367. The van der Waals surface area contributed by atoms with Crippen LogP contribution in [0.4, 0.5) is 0 Å². The molecule has 1 spiro atoms. The number of aldehydes is 1. The van der Waals surface area contributed by atoms with Crippen LogP contribution in [0.2, 0.25) is 0 Å². The fourth-order valence-corrected chi connectivity index (χ4v) is 5.81. The van der Waals surface area contributed by atoms with Crippen molar-refractivity contribution in [1.82, 2.24) is 0 Å². The highest BCUT2D eigenvalue weighted by Gasteiger charge is 2.69. The number of fused-ring (bicyclic) bond motifs is 1. The molecule has 0 amide bonds. The van der Waals surface area contributed by atoms with Gasteiger partial charge in [0.05, 0.1) is 0 Å². The first kappa shape index (κ1) is 10.8. The molecule has 4 rings (SSSR count). The maximum atomic E-state index is 11.5. The van der Waals surface area contributed by atoms with E-state index in [0.29, 0.717) is 22.2 Å². The summed E-state index contributed by atoms with van der Waals surface area (Å²) in [6, 6.07) is 0. The Morgan fingerprint density at radius 2 is 1.88 bits per heavy atom. The first-order chi connectivity index (χ1) is 7.45. The third kappa shape index (κ3) is 1.05. The summed E-state index contributed by atoms with van der Waals surface area (Å²) in [5.41, 5.74) is 1.25. The molecule has 4 atom stereocenters. The molecule has 4 fully saturated rings. The number of carbonyl (C=O) groups is 1. The Morgan fingerprint density at radius 3 is 2.56 bits per heavy atom. The van der Waals surface area contributed by atoms with E-state index in [9.17, 15) is 4.79 Å². The van der Waals surface area contributed by atoms with Crippen molar-refractivity contribution in [3.63, 3.8) is 0 Å². The molecule has 16 heavy (non-hydrogen) atoms. The van der Waals surface area contributed by atoms with Crippen LogP contribution in [-0.2, 0) is 4.79 Å². The number of hydrogen-bond acceptors (Lipinski definition) is 1. The van der Waals surface area contributed by atoms with Gasteiger partial charge in [-0.15, -0.1) is 0 Å². The molecule has 0 unspecified atom stereocenters. The Balaban J connectivity index is 1.99. The summed E-state index contributed by atoms with van der Waals surface area (Å²) in [4.78, 5) is 11.5. The number of rotatable bonds is 1. The maximum Gasteiger partial charge on any atom is 0.124 e. The van der Waals surface area contributed by atoms with Crippen molar-refractivity contribution in [3.05, 3.63) is 0 Å². The molecule has 0 aromatic carbocycles. The molecule has 4 aliphatic carbocycles. The van der Waals surface area contributed by atoms with Gasteiger partial charge in [0.15, 0.2) is 0 Å². The molecule has 0 aliphatic heterocycles. The highest BCUT2D eigenvalue weighted by molar-refractivity contribution is 5.60. The van der Waals surface area contributed by atoms with Crippen molar-refractivity contribution in [3.8, 4) is 0 Å². The van der Waals surface area contributed by atoms with Gasteiger partial charge in [-0.1, -0.05) is 27.2 Å². The summed E-state index contributed by atoms with van der Waals surface area (Å²) < 4.78 is 0. The lowest BCUT2D eigenvalue weighted by atomic mass is 9.32. The fraction of sp³-hybridized carbons (Fsp3) is 0.933. The van der Waals surface area contributed by atoms with Gasteiger partial charge in [-0.25, -0.2) is 0 Å². The SMILES string of the molecule is CC1(C)CCC[C@]23C[C@](C)(CC[C@H]12)[C@@H]3C=O. The lowest BCUT2D eigenvalue weighted by Gasteiger charge is -2.72. The van der Waals surface area contributed by atoms with Crippen molar-refractivity contribution in [1.29, 1.82) is 0 Å². The summed E-state index contributed by atoms with van der Waals surface area (Å²) in [6.45, 7) is 7.21. The van der Waals surface area contributed by atoms with Crippen LogP contribution in [0.25, 0.3) is 0 Å². The molecule has 4 aliphatic rings. The Morgan fingerprint density at radius 1 is 1.12 bits per heavy atom. The van der Waals surface area contributed by atoms with E-state index in [1.807, 2.05) is 0 Å². The van der Waals surface area contributed by atoms with E-state index in [1.54, 1.807) is 0 Å². The average Bonchev–Trinajstić information content (AvgIpc) is 2.15. The molecule has 1 heteroatoms. The van der Waals surface area contributed by atoms with Crippen LogP contribution >= 0.6 is 0 Å². The van der Waals surface area contributed by atoms with Gasteiger partial charge < -0.3 is 4.79 Å². The highest BCUT2D eigenvalue weighted by Crippen LogP contribution is 2.75. The second kappa shape index (κ2) is 2.91. The van der Waals surface area contributed by atoms with Gasteiger partial charge in [0.25, 0.3) is 0 Å². The smallest absolute Gasteiger partial charge is 0.124 e. The predicted octanol–water partition coefficient (Wildman–Crippen LogP) is 3.82. The van der Waals surface area contributed by atoms with E-state index >= 15 is 0 Å². The molecular formula is C15H24O. The average molecular weight is 220 g/mol. The third-order valence-electron chi connectivity index (χ3n) is 6.34. The normalized spacial score (nSPS) is 53.7. The van der Waals surface area contributed by atoms with Crippen molar-refractivity contribution >= 4 is 6.29 Å². The Bertz CT molecular complexity index is 332. The highest BCUT2D eigenvalue weighted by atomic mass is 16.1. The fourth-order valence-electron chi connectivity index (χ4n) is 5.81. The van der Waals surface area contributed by atoms with E-state index in [1.165, 1.54) is 44.8 Å². The standard InChI is InChI=1S/C15H24O/c1-13(2)6-4-7-15-10-14(3,12(15)9-16)8-5-11(13)15/h9,11-12H,4-8,10H2,1-3H3/t11-,12+,14+,15+/m1/s1. The summed E-state index contributed by atoms with van der Waals surface area (Å²) >= 11 is 0. The number of hydrogen-bond donors (Lipinski definition) is 0. The van der Waals surface area contributed by atoms with Gasteiger partial charge in [0.2, 0.25) is 0 Å². The van der Waals surface area contributed by atoms with Crippen molar-refractivity contribution in [2.45, 2.75) is 59.3 Å². The minimum Gasteiger partial charge on any atom is -0.303 e. The van der Waals surface area contributed by atoms with Crippen LogP contribution in [0.15, 0.2) is 0 Å². The summed E-state index contributed by atoms with van der Waals surface area (Å²) in [7, 11) is 0. The molecule has 0 aromatic rings. The molecule has 0 N–H and O–H groups in total. The van der Waals surface area contributed by atoms with Crippen molar-refractivity contribution < 1.29 is 4.79 Å². The Kier molecular flexibility index (Phi) is 1.97. The van der Waals surface area contributed by atoms with Crippen LogP contribution in [-0.4, -0.2) is 6.29 Å². The second-order valence-corrected chi connectivity index (χ2v) is 7.61. The quantitative estimate of drug-likeness (QED) is 0.614. The lowest BCUT2D eigenvalue weighted by molar-refractivity contribution is -0.231. The van der Waals surface area contributed by atoms with Crippen molar-refractivity contribution in [2.75, 3.05) is 0 Å². The molecule has 2 bridgehead atoms. The molecule has 0 heterocycles. The topological polar surface area (TPSA) is 17.1 Å². The van der Waals surface area contributed by atoms with Gasteiger partial charge in [-0.3, -0.25) is 0 Å². The summed E-state index contributed by atoms with van der Waals surface area (Å²) in [6.07, 6.45) is 9.31. The Labute approximate surface area is 99.0 Å². The molecule has 0 radical (unpaired) electrons. The van der Waals surface area contributed by atoms with Gasteiger partial charge in [0, 0.05) is 5.92 Å². The first-order valence-electron chi connectivity index (χ1n) is 6.90. The molecule has 4 saturated carbocycles. The lowest BCUT2D eigenvalue weighted by Crippen LogP contribution is -2.66. The van der Waals surface area contributed by atoms with Crippen LogP contribution in [0.3, 0.4) is 0 Å². The van der Waals surface area contributed by atoms with Crippen LogP contribution in [0.1, 0.15) is 59.3 Å². The van der Waals surface area contributed by atoms with E-state index in [0.717, 1.165) is 5.92 Å². The largest absolute Gasteiger partial charge is 0.303 e. The minimum atomic E-state index is 0.367. The van der Waals surface area contributed by atoms with Crippen LogP contribution in [0, 0.1) is 28.1 Å². The van der Waals surface area contributed by atoms with Gasteiger partial charge in [0.1, 0.15) is 6.29 Å². The van der Waals surface area contributed by atoms with E-state index in [-0.39, 0.29) is 0 Å². The van der Waals surface area contributed by atoms with E-state index in [2.05, 4.69) is 20.8 Å². The summed E-state index contributed by atoms with van der Waals surface area (Å²) in [5, 5.41) is 0. The number of carbonyl (C=O) groups excluding carboxylic acids is 1. The molecule has 1 nitrogen and oxygen atoms in total. The molecule has 0 saturated heterocycles. The van der Waals surface area contributed by atoms with Gasteiger partial charge in [-0.05, 0) is 54.3 Å². The van der Waals surface area contributed by atoms with E-state index in [4.69, 9.17) is 0 Å². The Hall–Kier alpha value is -0.330. The monoisotopic (exact) mass is 220 g/mol. The van der Waals surface area contributed by atoms with Crippen LogP contribution < -0.4 is 0 Å². The first-order valence-corrected chi connectivity index (χ1v) is 6.90. The summed E-state index contributed by atoms with van der Waals surface area (Å²) in [5.74, 6) is 1.18. The predicted molar refractivity (Wildman–Crippen MR) is 65.1 cm³/mol. The van der Waals surface area contributed by atoms with Crippen LogP contribution in [0.5, 0.6) is 0 Å². The maximum absolute atomic E-state index is 11.5. The second-order valence-electron chi connectivity index (χ2n) is 7.61. The zero-order valence-corrected chi connectivity index (χ0v) is 10.9.